The number of ether oxygens (including phenoxy) is 1. The standard InChI is InChI=1S/C16H24N6O2/c1-12-19-14(24-20-12)11-22-8-4-13(5-9-22)10-21(2)15-16(23-3)18-7-6-17-15/h6-7,13H,4-5,8-11H2,1-3H3. The van der Waals surface area contributed by atoms with Gasteiger partial charge >= 0.3 is 0 Å². The van der Waals surface area contributed by atoms with Crippen LogP contribution in [0.3, 0.4) is 0 Å². The third kappa shape index (κ3) is 4.00. The Morgan fingerprint density at radius 3 is 2.71 bits per heavy atom. The van der Waals surface area contributed by atoms with Gasteiger partial charge in [-0.1, -0.05) is 5.16 Å². The molecular formula is C16H24N6O2. The highest BCUT2D eigenvalue weighted by Crippen LogP contribution is 2.25. The van der Waals surface area contributed by atoms with Crippen molar-refractivity contribution in [2.24, 2.45) is 5.92 Å². The van der Waals surface area contributed by atoms with Gasteiger partial charge in [0.05, 0.1) is 13.7 Å². The van der Waals surface area contributed by atoms with E-state index in [4.69, 9.17) is 9.26 Å². The van der Waals surface area contributed by atoms with E-state index in [0.717, 1.165) is 44.8 Å². The molecule has 8 heteroatoms. The molecule has 1 aliphatic heterocycles. The zero-order valence-corrected chi connectivity index (χ0v) is 14.5. The highest BCUT2D eigenvalue weighted by molar-refractivity contribution is 5.46. The molecule has 1 fully saturated rings. The van der Waals surface area contributed by atoms with Crippen LogP contribution in [0.5, 0.6) is 5.88 Å². The van der Waals surface area contributed by atoms with Crippen LogP contribution in [0, 0.1) is 12.8 Å². The van der Waals surface area contributed by atoms with Crippen molar-refractivity contribution in [1.82, 2.24) is 25.0 Å². The zero-order chi connectivity index (χ0) is 16.9. The van der Waals surface area contributed by atoms with E-state index in [1.54, 1.807) is 19.5 Å². The Labute approximate surface area is 141 Å². The molecule has 130 valence electrons. The van der Waals surface area contributed by atoms with Crippen LogP contribution in [0.4, 0.5) is 5.82 Å². The first-order chi connectivity index (χ1) is 11.7. The summed E-state index contributed by atoms with van der Waals surface area (Å²) in [7, 11) is 3.67. The SMILES string of the molecule is COc1nccnc1N(C)CC1CCN(Cc2nc(C)no2)CC1. The molecule has 0 aromatic carbocycles. The monoisotopic (exact) mass is 332 g/mol. The van der Waals surface area contributed by atoms with Crippen LogP contribution in [-0.2, 0) is 6.54 Å². The van der Waals surface area contributed by atoms with Gasteiger partial charge in [0.1, 0.15) is 0 Å². The summed E-state index contributed by atoms with van der Waals surface area (Å²) in [5.41, 5.74) is 0. The van der Waals surface area contributed by atoms with Crippen molar-refractivity contribution in [3.63, 3.8) is 0 Å². The summed E-state index contributed by atoms with van der Waals surface area (Å²) in [6, 6.07) is 0. The van der Waals surface area contributed by atoms with Crippen LogP contribution >= 0.6 is 0 Å². The number of aryl methyl sites for hydroxylation is 1. The first-order valence-corrected chi connectivity index (χ1v) is 8.23. The van der Waals surface area contributed by atoms with Crippen LogP contribution in [0.25, 0.3) is 0 Å². The quantitative estimate of drug-likeness (QED) is 0.788. The highest BCUT2D eigenvalue weighted by Gasteiger charge is 2.23. The first-order valence-electron chi connectivity index (χ1n) is 8.23. The Kier molecular flexibility index (Phi) is 5.24. The minimum Gasteiger partial charge on any atom is -0.478 e. The second-order valence-electron chi connectivity index (χ2n) is 6.22. The van der Waals surface area contributed by atoms with Crippen LogP contribution in [0.1, 0.15) is 24.6 Å². The normalized spacial score (nSPS) is 16.3. The summed E-state index contributed by atoms with van der Waals surface area (Å²) in [4.78, 5) is 17.4. The fraction of sp³-hybridized carbons (Fsp3) is 0.625. The molecule has 3 heterocycles. The second-order valence-corrected chi connectivity index (χ2v) is 6.22. The Balaban J connectivity index is 1.50. The van der Waals surface area contributed by atoms with Gasteiger partial charge in [-0.3, -0.25) is 4.90 Å². The predicted molar refractivity (Wildman–Crippen MR) is 88.9 cm³/mol. The van der Waals surface area contributed by atoms with Gasteiger partial charge in [0.25, 0.3) is 5.88 Å². The van der Waals surface area contributed by atoms with E-state index < -0.39 is 0 Å². The van der Waals surface area contributed by atoms with Gasteiger partial charge < -0.3 is 14.2 Å². The third-order valence-corrected chi connectivity index (χ3v) is 4.37. The lowest BCUT2D eigenvalue weighted by atomic mass is 9.96. The molecule has 2 aromatic rings. The van der Waals surface area contributed by atoms with E-state index in [1.165, 1.54) is 0 Å². The van der Waals surface area contributed by atoms with E-state index >= 15 is 0 Å². The Bertz CT molecular complexity index is 654. The molecule has 0 aliphatic carbocycles. The Hall–Kier alpha value is -2.22. The first kappa shape index (κ1) is 16.6. The van der Waals surface area contributed by atoms with Crippen LogP contribution in [0.2, 0.25) is 0 Å². The van der Waals surface area contributed by atoms with Crippen LogP contribution in [-0.4, -0.2) is 58.8 Å². The minimum absolute atomic E-state index is 0.573. The van der Waals surface area contributed by atoms with Crippen molar-refractivity contribution in [2.75, 3.05) is 38.7 Å². The number of rotatable bonds is 6. The van der Waals surface area contributed by atoms with Gasteiger partial charge in [-0.25, -0.2) is 9.97 Å². The number of piperidine rings is 1. The molecule has 2 aromatic heterocycles. The topological polar surface area (TPSA) is 80.4 Å². The molecule has 1 aliphatic rings. The average molecular weight is 332 g/mol. The van der Waals surface area contributed by atoms with Crippen molar-refractivity contribution in [3.05, 3.63) is 24.1 Å². The number of nitrogens with zero attached hydrogens (tertiary/aromatic N) is 6. The lowest BCUT2D eigenvalue weighted by Gasteiger charge is -2.33. The molecule has 1 saturated heterocycles. The van der Waals surface area contributed by atoms with Crippen molar-refractivity contribution in [3.8, 4) is 5.88 Å². The van der Waals surface area contributed by atoms with Gasteiger partial charge in [0, 0.05) is 26.0 Å². The van der Waals surface area contributed by atoms with E-state index in [9.17, 15) is 0 Å². The van der Waals surface area contributed by atoms with Crippen molar-refractivity contribution < 1.29 is 9.26 Å². The average Bonchev–Trinajstić information content (AvgIpc) is 3.01. The van der Waals surface area contributed by atoms with Gasteiger partial charge in [0.2, 0.25) is 5.89 Å². The Morgan fingerprint density at radius 2 is 2.04 bits per heavy atom. The Morgan fingerprint density at radius 1 is 1.29 bits per heavy atom. The molecule has 0 amide bonds. The molecular weight excluding hydrogens is 308 g/mol. The number of likely N-dealkylation sites (tertiary alicyclic amines) is 1. The van der Waals surface area contributed by atoms with E-state index in [-0.39, 0.29) is 0 Å². The molecule has 8 nitrogen and oxygen atoms in total. The summed E-state index contributed by atoms with van der Waals surface area (Å²) in [6.45, 7) is 5.61. The molecule has 0 saturated carbocycles. The molecule has 3 rings (SSSR count). The van der Waals surface area contributed by atoms with E-state index in [2.05, 4.69) is 29.9 Å². The van der Waals surface area contributed by atoms with Gasteiger partial charge in [-0.15, -0.1) is 0 Å². The summed E-state index contributed by atoms with van der Waals surface area (Å²) < 4.78 is 10.5. The molecule has 0 atom stereocenters. The van der Waals surface area contributed by atoms with Crippen molar-refractivity contribution >= 4 is 5.82 Å². The van der Waals surface area contributed by atoms with Gasteiger partial charge in [-0.2, -0.15) is 4.98 Å². The number of methoxy groups -OCH3 is 1. The molecule has 0 unspecified atom stereocenters. The maximum Gasteiger partial charge on any atom is 0.257 e. The summed E-state index contributed by atoms with van der Waals surface area (Å²) >= 11 is 0. The smallest absolute Gasteiger partial charge is 0.257 e. The molecule has 0 N–H and O–H groups in total. The van der Waals surface area contributed by atoms with E-state index in [0.29, 0.717) is 23.5 Å². The fourth-order valence-electron chi connectivity index (χ4n) is 3.12. The lowest BCUT2D eigenvalue weighted by molar-refractivity contribution is 0.161. The van der Waals surface area contributed by atoms with Crippen molar-refractivity contribution in [1.29, 1.82) is 0 Å². The molecule has 0 radical (unpaired) electrons. The maximum atomic E-state index is 5.29. The van der Waals surface area contributed by atoms with Crippen LogP contribution < -0.4 is 9.64 Å². The van der Waals surface area contributed by atoms with Gasteiger partial charge in [0.15, 0.2) is 11.6 Å². The largest absolute Gasteiger partial charge is 0.478 e. The fourth-order valence-corrected chi connectivity index (χ4v) is 3.12. The number of hydrogen-bond donors (Lipinski definition) is 0. The van der Waals surface area contributed by atoms with E-state index in [1.807, 2.05) is 14.0 Å². The molecule has 0 bridgehead atoms. The number of anilines is 1. The summed E-state index contributed by atoms with van der Waals surface area (Å²) in [5.74, 6) is 3.39. The van der Waals surface area contributed by atoms with Crippen LogP contribution in [0.15, 0.2) is 16.9 Å². The lowest BCUT2D eigenvalue weighted by Crippen LogP contribution is -2.37. The zero-order valence-electron chi connectivity index (χ0n) is 14.5. The predicted octanol–water partition coefficient (Wildman–Crippen LogP) is 1.53. The highest BCUT2D eigenvalue weighted by atomic mass is 16.5. The number of aromatic nitrogens is 4. The minimum atomic E-state index is 0.573. The summed E-state index contributed by atoms with van der Waals surface area (Å²) in [6.07, 6.45) is 5.62. The third-order valence-electron chi connectivity index (χ3n) is 4.37. The van der Waals surface area contributed by atoms with Gasteiger partial charge in [-0.05, 0) is 38.8 Å². The van der Waals surface area contributed by atoms with Crippen molar-refractivity contribution in [2.45, 2.75) is 26.3 Å². The summed E-state index contributed by atoms with van der Waals surface area (Å²) in [5, 5.41) is 3.84. The molecule has 24 heavy (non-hydrogen) atoms. The number of hydrogen-bond acceptors (Lipinski definition) is 8. The second kappa shape index (κ2) is 7.57. The maximum absolute atomic E-state index is 5.29. The molecule has 0 spiro atoms.